The fourth-order valence-corrected chi connectivity index (χ4v) is 3.29. The van der Waals surface area contributed by atoms with E-state index in [1.54, 1.807) is 0 Å². The molecule has 18 heavy (non-hydrogen) atoms. The minimum absolute atomic E-state index is 0.0300. The van der Waals surface area contributed by atoms with Crippen molar-refractivity contribution in [3.8, 4) is 0 Å². The quantitative estimate of drug-likeness (QED) is 0.725. The highest BCUT2D eigenvalue weighted by molar-refractivity contribution is 7.89. The molecule has 6 heteroatoms. The van der Waals surface area contributed by atoms with Crippen molar-refractivity contribution in [1.82, 2.24) is 10.0 Å². The maximum absolute atomic E-state index is 11.8. The summed E-state index contributed by atoms with van der Waals surface area (Å²) in [5, 5.41) is 3.36. The van der Waals surface area contributed by atoms with Crippen LogP contribution in [0.1, 0.15) is 40.0 Å². The zero-order valence-corrected chi connectivity index (χ0v) is 12.4. The number of rotatable bonds is 7. The summed E-state index contributed by atoms with van der Waals surface area (Å²) in [5.74, 6) is 0.0300. The Labute approximate surface area is 111 Å². The predicted molar refractivity (Wildman–Crippen MR) is 73.1 cm³/mol. The normalized spacial score (nSPS) is 23.2. The lowest BCUT2D eigenvalue weighted by Crippen LogP contribution is -2.50. The van der Waals surface area contributed by atoms with Crippen molar-refractivity contribution >= 4 is 10.0 Å². The van der Waals surface area contributed by atoms with E-state index in [0.29, 0.717) is 0 Å². The molecule has 0 amide bonds. The van der Waals surface area contributed by atoms with Gasteiger partial charge in [-0.25, -0.2) is 13.1 Å². The summed E-state index contributed by atoms with van der Waals surface area (Å²) in [6, 6.07) is 0.189. The molecule has 108 valence electrons. The molecule has 5 nitrogen and oxygen atoms in total. The van der Waals surface area contributed by atoms with Crippen LogP contribution in [0.15, 0.2) is 0 Å². The van der Waals surface area contributed by atoms with Crippen LogP contribution in [-0.4, -0.2) is 45.5 Å². The molecule has 0 spiro atoms. The topological polar surface area (TPSA) is 67.4 Å². The molecule has 0 aromatic heterocycles. The lowest BCUT2D eigenvalue weighted by Gasteiger charge is -2.29. The monoisotopic (exact) mass is 278 g/mol. The summed E-state index contributed by atoms with van der Waals surface area (Å²) < 4.78 is 31.7. The van der Waals surface area contributed by atoms with E-state index in [0.717, 1.165) is 13.0 Å². The maximum Gasteiger partial charge on any atom is 0.214 e. The summed E-state index contributed by atoms with van der Waals surface area (Å²) >= 11 is 0. The van der Waals surface area contributed by atoms with Gasteiger partial charge >= 0.3 is 0 Å². The highest BCUT2D eigenvalue weighted by Gasteiger charge is 2.23. The van der Waals surface area contributed by atoms with Gasteiger partial charge in [0.1, 0.15) is 0 Å². The number of nitrogens with one attached hydrogen (secondary N) is 2. The van der Waals surface area contributed by atoms with Crippen LogP contribution in [0.5, 0.6) is 0 Å². The minimum atomic E-state index is -3.24. The summed E-state index contributed by atoms with van der Waals surface area (Å²) in [5.41, 5.74) is 0. The summed E-state index contributed by atoms with van der Waals surface area (Å²) in [4.78, 5) is 0. The van der Waals surface area contributed by atoms with E-state index in [2.05, 4.69) is 10.0 Å². The molecule has 0 aromatic rings. The standard InChI is InChI=1S/C12H26N2O3S/c1-10(2)17-8-9-18(15,16)14-11(3)12-6-4-5-7-13-12/h10-14H,4-9H2,1-3H3. The number of piperidine rings is 1. The van der Waals surface area contributed by atoms with E-state index in [1.807, 2.05) is 20.8 Å². The van der Waals surface area contributed by atoms with Crippen LogP contribution in [0.25, 0.3) is 0 Å². The molecule has 0 saturated carbocycles. The SMILES string of the molecule is CC(C)OCCS(=O)(=O)NC(C)C1CCCCN1. The summed E-state index contributed by atoms with van der Waals surface area (Å²) in [6.45, 7) is 6.94. The molecule has 0 bridgehead atoms. The number of ether oxygens (including phenoxy) is 1. The van der Waals surface area contributed by atoms with Gasteiger partial charge in [-0.1, -0.05) is 6.42 Å². The lowest BCUT2D eigenvalue weighted by atomic mass is 10.00. The van der Waals surface area contributed by atoms with Gasteiger partial charge < -0.3 is 10.1 Å². The molecule has 1 rings (SSSR count). The van der Waals surface area contributed by atoms with Crippen molar-refractivity contribution in [2.24, 2.45) is 0 Å². The maximum atomic E-state index is 11.8. The highest BCUT2D eigenvalue weighted by atomic mass is 32.2. The van der Waals surface area contributed by atoms with Crippen molar-refractivity contribution in [3.63, 3.8) is 0 Å². The fraction of sp³-hybridized carbons (Fsp3) is 1.00. The molecule has 2 atom stereocenters. The molecule has 1 aliphatic heterocycles. The van der Waals surface area contributed by atoms with Crippen LogP contribution in [-0.2, 0) is 14.8 Å². The third kappa shape index (κ3) is 6.13. The van der Waals surface area contributed by atoms with Crippen LogP contribution in [0, 0.1) is 0 Å². The van der Waals surface area contributed by atoms with Crippen LogP contribution >= 0.6 is 0 Å². The van der Waals surface area contributed by atoms with Gasteiger partial charge in [-0.2, -0.15) is 0 Å². The van der Waals surface area contributed by atoms with Crippen molar-refractivity contribution in [1.29, 1.82) is 0 Å². The van der Waals surface area contributed by atoms with Gasteiger partial charge in [-0.05, 0) is 40.2 Å². The van der Waals surface area contributed by atoms with E-state index >= 15 is 0 Å². The van der Waals surface area contributed by atoms with E-state index in [-0.39, 0.29) is 30.5 Å². The van der Waals surface area contributed by atoms with Crippen molar-refractivity contribution in [2.75, 3.05) is 18.9 Å². The zero-order valence-electron chi connectivity index (χ0n) is 11.6. The number of hydrogen-bond donors (Lipinski definition) is 2. The number of hydrogen-bond acceptors (Lipinski definition) is 4. The van der Waals surface area contributed by atoms with Crippen molar-refractivity contribution in [3.05, 3.63) is 0 Å². The third-order valence-corrected chi connectivity index (χ3v) is 4.56. The van der Waals surface area contributed by atoms with Crippen LogP contribution in [0.3, 0.4) is 0 Å². The second kappa shape index (κ2) is 7.43. The predicted octanol–water partition coefficient (Wildman–Crippen LogP) is 0.861. The molecule has 1 heterocycles. The lowest BCUT2D eigenvalue weighted by molar-refractivity contribution is 0.0911. The van der Waals surface area contributed by atoms with Gasteiger partial charge in [-0.15, -0.1) is 0 Å². The second-order valence-corrected chi connectivity index (χ2v) is 7.07. The Morgan fingerprint density at radius 2 is 2.06 bits per heavy atom. The van der Waals surface area contributed by atoms with Crippen molar-refractivity contribution in [2.45, 2.75) is 58.2 Å². The van der Waals surface area contributed by atoms with Crippen LogP contribution in [0.2, 0.25) is 0 Å². The van der Waals surface area contributed by atoms with E-state index < -0.39 is 10.0 Å². The average Bonchev–Trinajstić information content (AvgIpc) is 2.28. The highest BCUT2D eigenvalue weighted by Crippen LogP contribution is 2.10. The minimum Gasteiger partial charge on any atom is -0.378 e. The first-order valence-corrected chi connectivity index (χ1v) is 8.41. The van der Waals surface area contributed by atoms with E-state index in [9.17, 15) is 8.42 Å². The smallest absolute Gasteiger partial charge is 0.214 e. The summed E-state index contributed by atoms with van der Waals surface area (Å²) in [7, 11) is -3.24. The second-order valence-electron chi connectivity index (χ2n) is 5.20. The van der Waals surface area contributed by atoms with Gasteiger partial charge in [-0.3, -0.25) is 0 Å². The molecular weight excluding hydrogens is 252 g/mol. The Hall–Kier alpha value is -0.170. The van der Waals surface area contributed by atoms with Crippen LogP contribution < -0.4 is 10.0 Å². The molecule has 0 radical (unpaired) electrons. The Kier molecular flexibility index (Phi) is 6.55. The molecule has 2 unspecified atom stereocenters. The Balaban J connectivity index is 2.34. The van der Waals surface area contributed by atoms with Crippen LogP contribution in [0.4, 0.5) is 0 Å². The average molecular weight is 278 g/mol. The van der Waals surface area contributed by atoms with Gasteiger partial charge in [0, 0.05) is 12.1 Å². The molecule has 1 fully saturated rings. The first kappa shape index (κ1) is 15.9. The van der Waals surface area contributed by atoms with E-state index in [1.165, 1.54) is 12.8 Å². The Bertz CT molecular complexity index is 324. The molecular formula is C12H26N2O3S. The molecule has 1 aliphatic rings. The Morgan fingerprint density at radius 3 is 2.61 bits per heavy atom. The fourth-order valence-electron chi connectivity index (χ4n) is 2.12. The third-order valence-electron chi connectivity index (χ3n) is 3.12. The molecule has 1 saturated heterocycles. The number of sulfonamides is 1. The Morgan fingerprint density at radius 1 is 1.33 bits per heavy atom. The molecule has 0 aliphatic carbocycles. The molecule has 0 aromatic carbocycles. The van der Waals surface area contributed by atoms with Gasteiger partial charge in [0.05, 0.1) is 18.5 Å². The zero-order chi connectivity index (χ0) is 13.6. The van der Waals surface area contributed by atoms with Crippen molar-refractivity contribution < 1.29 is 13.2 Å². The van der Waals surface area contributed by atoms with Gasteiger partial charge in [0.25, 0.3) is 0 Å². The van der Waals surface area contributed by atoms with E-state index in [4.69, 9.17) is 4.74 Å². The van der Waals surface area contributed by atoms with Gasteiger partial charge in [0.15, 0.2) is 0 Å². The molecule has 2 N–H and O–H groups in total. The largest absolute Gasteiger partial charge is 0.378 e. The summed E-state index contributed by atoms with van der Waals surface area (Å²) in [6.07, 6.45) is 3.45. The van der Waals surface area contributed by atoms with Gasteiger partial charge in [0.2, 0.25) is 10.0 Å². The first-order valence-electron chi connectivity index (χ1n) is 6.76. The first-order chi connectivity index (χ1) is 8.41.